The Balaban J connectivity index is 0.947. The molecule has 0 spiro atoms. The minimum Gasteiger partial charge on any atom is -0.508 e. The zero-order valence-corrected chi connectivity index (χ0v) is 32.7. The molecule has 286 valence electrons. The molecule has 0 fully saturated rings. The standard InChI is InChI=1S/C34H24N12O6S5/c47-17-9-11-19(23(49)13-17)29(41-43-31-35-21-5-1-3-7-25(21)55-31)39-37-27(51)15-53-33-45-46-34(57-33)54-16-28(52)38-40-30(20-12-10-18(48)14-24(20)50)42-44-32-36-22-6-2-4-8-26(22)56-32/h1-14,47-50H,15-16H2,(H,37,51)(H,38,52). The lowest BCUT2D eigenvalue weighted by Crippen LogP contribution is -2.21. The first-order valence-electron chi connectivity index (χ1n) is 16.1. The molecule has 4 aromatic carbocycles. The number of carbonyl (C=O) groups is 2. The molecule has 0 aliphatic carbocycles. The molecule has 0 unspecified atom stereocenters. The van der Waals surface area contributed by atoms with E-state index in [1.54, 1.807) is 0 Å². The van der Waals surface area contributed by atoms with Crippen LogP contribution < -0.4 is 10.9 Å². The van der Waals surface area contributed by atoms with Crippen molar-refractivity contribution in [2.45, 2.75) is 8.68 Å². The molecule has 6 N–H and O–H groups in total. The molecule has 0 aliphatic heterocycles. The fraction of sp³-hybridized carbons (Fsp3) is 0.0588. The van der Waals surface area contributed by atoms with Crippen LogP contribution in [-0.4, -0.2) is 75.6 Å². The highest BCUT2D eigenvalue weighted by molar-refractivity contribution is 8.03. The van der Waals surface area contributed by atoms with Crippen LogP contribution in [-0.2, 0) is 9.59 Å². The molecule has 3 heterocycles. The number of thioether (sulfide) groups is 2. The Kier molecular flexibility index (Phi) is 12.3. The van der Waals surface area contributed by atoms with Gasteiger partial charge in [-0.2, -0.15) is 10.2 Å². The molecule has 0 bridgehead atoms. The second kappa shape index (κ2) is 18.0. The fourth-order valence-corrected chi connectivity index (χ4v) is 8.72. The second-order valence-corrected chi connectivity index (χ2v) is 16.5. The van der Waals surface area contributed by atoms with Gasteiger partial charge in [0, 0.05) is 12.1 Å². The molecule has 57 heavy (non-hydrogen) atoms. The SMILES string of the molecule is O=C(CSc1nnc(SCC(=O)NN=C(N=Nc2nc3ccccc3s2)c2ccc(O)cc2O)s1)NN=C(N=Nc1nc2ccccc2s1)c1ccc(O)cc1O. The van der Waals surface area contributed by atoms with E-state index in [0.29, 0.717) is 18.9 Å². The molecule has 23 heteroatoms. The number of thiazole rings is 2. The van der Waals surface area contributed by atoms with E-state index in [-0.39, 0.29) is 57.3 Å². The number of carbonyl (C=O) groups excluding carboxylic acids is 2. The van der Waals surface area contributed by atoms with Crippen molar-refractivity contribution < 1.29 is 30.0 Å². The maximum absolute atomic E-state index is 12.8. The lowest BCUT2D eigenvalue weighted by atomic mass is 10.2. The van der Waals surface area contributed by atoms with E-state index >= 15 is 0 Å². The van der Waals surface area contributed by atoms with Crippen LogP contribution >= 0.6 is 57.5 Å². The molecule has 7 rings (SSSR count). The monoisotopic (exact) mass is 856 g/mol. The number of rotatable bonds is 12. The highest BCUT2D eigenvalue weighted by atomic mass is 32.2. The van der Waals surface area contributed by atoms with Gasteiger partial charge in [0.15, 0.2) is 8.68 Å². The predicted octanol–water partition coefficient (Wildman–Crippen LogP) is 7.29. The molecule has 0 saturated carbocycles. The number of nitrogens with one attached hydrogen (secondary N) is 2. The summed E-state index contributed by atoms with van der Waals surface area (Å²) in [5.41, 5.74) is 6.47. The van der Waals surface area contributed by atoms with Gasteiger partial charge in [0.2, 0.25) is 21.9 Å². The van der Waals surface area contributed by atoms with Crippen molar-refractivity contribution in [2.75, 3.05) is 11.5 Å². The van der Waals surface area contributed by atoms with Crippen LogP contribution in [0.3, 0.4) is 0 Å². The van der Waals surface area contributed by atoms with Crippen molar-refractivity contribution in [1.82, 2.24) is 31.0 Å². The lowest BCUT2D eigenvalue weighted by Gasteiger charge is -2.05. The van der Waals surface area contributed by atoms with E-state index in [2.05, 4.69) is 61.7 Å². The van der Waals surface area contributed by atoms with E-state index < -0.39 is 11.8 Å². The molecule has 3 aromatic heterocycles. The number of hydrogen-bond donors (Lipinski definition) is 6. The van der Waals surface area contributed by atoms with Gasteiger partial charge in [-0.25, -0.2) is 20.8 Å². The summed E-state index contributed by atoms with van der Waals surface area (Å²) in [5, 5.41) is 73.8. The minimum absolute atomic E-state index is 0.106. The average Bonchev–Trinajstić information content (AvgIpc) is 3.95. The van der Waals surface area contributed by atoms with E-state index in [0.717, 1.165) is 67.4 Å². The van der Waals surface area contributed by atoms with Gasteiger partial charge < -0.3 is 20.4 Å². The molecule has 7 aromatic rings. The predicted molar refractivity (Wildman–Crippen MR) is 219 cm³/mol. The molecule has 0 saturated heterocycles. The van der Waals surface area contributed by atoms with Crippen molar-refractivity contribution in [3.63, 3.8) is 0 Å². The second-order valence-electron chi connectivity index (χ2n) is 11.1. The van der Waals surface area contributed by atoms with Gasteiger partial charge in [0.1, 0.15) is 23.0 Å². The smallest absolute Gasteiger partial charge is 0.250 e. The highest BCUT2D eigenvalue weighted by Crippen LogP contribution is 2.32. The summed E-state index contributed by atoms with van der Waals surface area (Å²) in [5.74, 6) is -2.55. The number of amidine groups is 2. The molecular weight excluding hydrogens is 833 g/mol. The Labute approximate surface area is 340 Å². The minimum atomic E-state index is -0.525. The number of azo groups is 2. The summed E-state index contributed by atoms with van der Waals surface area (Å²) in [6.45, 7) is 0. The summed E-state index contributed by atoms with van der Waals surface area (Å²) < 4.78 is 2.69. The number of aromatic hydroxyl groups is 4. The van der Waals surface area contributed by atoms with E-state index in [1.165, 1.54) is 46.9 Å². The molecule has 0 aliphatic rings. The van der Waals surface area contributed by atoms with Crippen LogP contribution in [0.2, 0.25) is 0 Å². The van der Waals surface area contributed by atoms with Crippen LogP contribution in [0.15, 0.2) is 124 Å². The number of para-hydroxylation sites is 2. The fourth-order valence-electron chi connectivity index (χ4n) is 4.54. The number of phenolic OH excluding ortho intramolecular Hbond substituents is 4. The van der Waals surface area contributed by atoms with Gasteiger partial charge in [-0.1, -0.05) is 81.8 Å². The van der Waals surface area contributed by atoms with Gasteiger partial charge in [0.05, 0.1) is 43.1 Å². The zero-order valence-electron chi connectivity index (χ0n) is 28.6. The van der Waals surface area contributed by atoms with Crippen molar-refractivity contribution in [2.24, 2.45) is 30.7 Å². The van der Waals surface area contributed by atoms with Gasteiger partial charge in [-0.3, -0.25) is 9.59 Å². The first-order chi connectivity index (χ1) is 27.7. The maximum atomic E-state index is 12.8. The number of hydrazone groups is 2. The first kappa shape index (κ1) is 38.9. The summed E-state index contributed by atoms with van der Waals surface area (Å²) in [4.78, 5) is 34.3. The Morgan fingerprint density at radius 1 is 0.596 bits per heavy atom. The Bertz CT molecular complexity index is 2480. The van der Waals surface area contributed by atoms with E-state index in [1.807, 2.05) is 48.5 Å². The summed E-state index contributed by atoms with van der Waals surface area (Å²) >= 11 is 5.92. The number of benzene rings is 4. The normalized spacial score (nSPS) is 12.3. The quantitative estimate of drug-likeness (QED) is 0.0233. The van der Waals surface area contributed by atoms with Crippen LogP contribution in [0.4, 0.5) is 10.3 Å². The lowest BCUT2D eigenvalue weighted by molar-refractivity contribution is -0.119. The van der Waals surface area contributed by atoms with Crippen LogP contribution in [0, 0.1) is 0 Å². The van der Waals surface area contributed by atoms with E-state index in [9.17, 15) is 30.0 Å². The van der Waals surface area contributed by atoms with Crippen molar-refractivity contribution in [3.8, 4) is 23.0 Å². The van der Waals surface area contributed by atoms with Crippen molar-refractivity contribution >= 4 is 112 Å². The molecule has 0 atom stereocenters. The number of phenols is 4. The van der Waals surface area contributed by atoms with Crippen molar-refractivity contribution in [1.29, 1.82) is 0 Å². The summed E-state index contributed by atoms with van der Waals surface area (Å²) in [7, 11) is 0. The number of nitrogens with zero attached hydrogens (tertiary/aromatic N) is 10. The molecular formula is C34H24N12O6S5. The number of aromatic nitrogens is 4. The van der Waals surface area contributed by atoms with Crippen molar-refractivity contribution in [3.05, 3.63) is 96.1 Å². The van der Waals surface area contributed by atoms with Gasteiger partial charge in [0.25, 0.3) is 11.8 Å². The molecule has 0 radical (unpaired) electrons. The topological polar surface area (TPSA) is 265 Å². The van der Waals surface area contributed by atoms with Gasteiger partial charge >= 0.3 is 0 Å². The van der Waals surface area contributed by atoms with Crippen LogP contribution in [0.25, 0.3) is 20.4 Å². The van der Waals surface area contributed by atoms with E-state index in [4.69, 9.17) is 0 Å². The third-order valence-electron chi connectivity index (χ3n) is 7.08. The number of hydrogen-bond acceptors (Lipinski definition) is 19. The number of fused-ring (bicyclic) bond motifs is 2. The van der Waals surface area contributed by atoms with Gasteiger partial charge in [-0.05, 0) is 48.5 Å². The maximum Gasteiger partial charge on any atom is 0.250 e. The third-order valence-corrected chi connectivity index (χ3v) is 12.1. The average molecular weight is 857 g/mol. The van der Waals surface area contributed by atoms with Gasteiger partial charge in [-0.15, -0.1) is 30.7 Å². The third kappa shape index (κ3) is 10.3. The zero-order chi connectivity index (χ0) is 39.7. The molecule has 18 nitrogen and oxygen atoms in total. The summed E-state index contributed by atoms with van der Waals surface area (Å²) in [6, 6.07) is 22.5. The summed E-state index contributed by atoms with van der Waals surface area (Å²) in [6.07, 6.45) is 0. The first-order valence-corrected chi connectivity index (χ1v) is 20.5. The Morgan fingerprint density at radius 3 is 1.46 bits per heavy atom. The highest BCUT2D eigenvalue weighted by Gasteiger charge is 2.16. The largest absolute Gasteiger partial charge is 0.508 e. The van der Waals surface area contributed by atoms with Crippen LogP contribution in [0.1, 0.15) is 11.1 Å². The number of amides is 2. The Morgan fingerprint density at radius 2 is 1.04 bits per heavy atom. The Hall–Kier alpha value is -6.40. The molecule has 2 amide bonds. The van der Waals surface area contributed by atoms with Crippen LogP contribution in [0.5, 0.6) is 23.0 Å².